The Kier molecular flexibility index (Phi) is 2.87. The molecule has 4 nitrogen and oxygen atoms in total. The quantitative estimate of drug-likeness (QED) is 0.528. The first-order chi connectivity index (χ1) is 6.22. The average Bonchev–Trinajstić information content (AvgIpc) is 2.18. The summed E-state index contributed by atoms with van der Waals surface area (Å²) in [6, 6.07) is 3.06. The third kappa shape index (κ3) is 1.78. The highest BCUT2D eigenvalue weighted by molar-refractivity contribution is 5.79. The van der Waals surface area contributed by atoms with E-state index in [0.29, 0.717) is 28.8 Å². The average molecular weight is 181 g/mol. The van der Waals surface area contributed by atoms with Crippen molar-refractivity contribution in [2.24, 2.45) is 0 Å². The summed E-state index contributed by atoms with van der Waals surface area (Å²) in [5, 5.41) is 8.91. The van der Waals surface area contributed by atoms with E-state index in [1.807, 2.05) is 0 Å². The van der Waals surface area contributed by atoms with Crippen LogP contribution in [-0.4, -0.2) is 18.5 Å². The molecular weight excluding hydrogens is 170 g/mol. The molecule has 1 aromatic carbocycles. The van der Waals surface area contributed by atoms with Crippen molar-refractivity contribution in [2.75, 3.05) is 12.8 Å². The molecule has 0 aromatic heterocycles. The smallest absolute Gasteiger partial charge is 0.150 e. The van der Waals surface area contributed by atoms with Gasteiger partial charge in [0.25, 0.3) is 0 Å². The van der Waals surface area contributed by atoms with E-state index in [4.69, 9.17) is 15.6 Å². The highest BCUT2D eigenvalue weighted by Crippen LogP contribution is 2.26. The van der Waals surface area contributed by atoms with Crippen LogP contribution >= 0.6 is 0 Å². The first-order valence-corrected chi connectivity index (χ1v) is 3.75. The SMILES string of the molecule is COc1cc(C=O)cc(CO)c1N. The van der Waals surface area contributed by atoms with Gasteiger partial charge in [0, 0.05) is 11.1 Å². The van der Waals surface area contributed by atoms with E-state index in [1.165, 1.54) is 19.2 Å². The van der Waals surface area contributed by atoms with Crippen LogP contribution in [0.1, 0.15) is 15.9 Å². The summed E-state index contributed by atoms with van der Waals surface area (Å²) >= 11 is 0. The molecule has 70 valence electrons. The predicted octanol–water partition coefficient (Wildman–Crippen LogP) is 0.582. The number of aldehydes is 1. The number of methoxy groups -OCH3 is 1. The van der Waals surface area contributed by atoms with Crippen LogP contribution < -0.4 is 10.5 Å². The highest BCUT2D eigenvalue weighted by atomic mass is 16.5. The Balaban J connectivity index is 3.28. The van der Waals surface area contributed by atoms with Crippen molar-refractivity contribution in [1.29, 1.82) is 0 Å². The van der Waals surface area contributed by atoms with Gasteiger partial charge in [0.15, 0.2) is 0 Å². The number of aliphatic hydroxyl groups is 1. The summed E-state index contributed by atoms with van der Waals surface area (Å²) in [6.45, 7) is -0.204. The molecule has 1 aromatic rings. The lowest BCUT2D eigenvalue weighted by Gasteiger charge is -2.08. The van der Waals surface area contributed by atoms with Crippen LogP contribution in [0.2, 0.25) is 0 Å². The van der Waals surface area contributed by atoms with Gasteiger partial charge in [0.05, 0.1) is 19.4 Å². The van der Waals surface area contributed by atoms with E-state index < -0.39 is 0 Å². The maximum absolute atomic E-state index is 10.5. The number of benzene rings is 1. The maximum atomic E-state index is 10.5. The predicted molar refractivity (Wildman–Crippen MR) is 48.7 cm³/mol. The molecule has 0 radical (unpaired) electrons. The van der Waals surface area contributed by atoms with Crippen LogP contribution in [0.25, 0.3) is 0 Å². The normalized spacial score (nSPS) is 9.69. The third-order valence-electron chi connectivity index (χ3n) is 1.78. The van der Waals surface area contributed by atoms with Gasteiger partial charge >= 0.3 is 0 Å². The summed E-state index contributed by atoms with van der Waals surface area (Å²) in [4.78, 5) is 10.5. The summed E-state index contributed by atoms with van der Waals surface area (Å²) in [7, 11) is 1.46. The number of nitrogen functional groups attached to an aromatic ring is 1. The van der Waals surface area contributed by atoms with Gasteiger partial charge in [0.1, 0.15) is 12.0 Å². The van der Waals surface area contributed by atoms with E-state index in [-0.39, 0.29) is 6.61 Å². The number of carbonyl (C=O) groups is 1. The second-order valence-corrected chi connectivity index (χ2v) is 2.57. The molecule has 0 aliphatic heterocycles. The number of hydrogen-bond acceptors (Lipinski definition) is 4. The second-order valence-electron chi connectivity index (χ2n) is 2.57. The van der Waals surface area contributed by atoms with Crippen molar-refractivity contribution in [3.63, 3.8) is 0 Å². The topological polar surface area (TPSA) is 72.5 Å². The van der Waals surface area contributed by atoms with Gasteiger partial charge in [-0.25, -0.2) is 0 Å². The molecule has 4 heteroatoms. The fourth-order valence-corrected chi connectivity index (χ4v) is 1.08. The largest absolute Gasteiger partial charge is 0.495 e. The molecule has 0 aliphatic rings. The summed E-state index contributed by atoms with van der Waals surface area (Å²) in [5.74, 6) is 0.411. The Hall–Kier alpha value is -1.55. The zero-order valence-corrected chi connectivity index (χ0v) is 7.28. The first kappa shape index (κ1) is 9.54. The summed E-state index contributed by atoms with van der Waals surface area (Å²) in [5.41, 5.74) is 6.94. The zero-order chi connectivity index (χ0) is 9.84. The van der Waals surface area contributed by atoms with E-state index in [1.54, 1.807) is 0 Å². The number of carbonyl (C=O) groups excluding carboxylic acids is 1. The minimum absolute atomic E-state index is 0.204. The Morgan fingerprint density at radius 1 is 1.62 bits per heavy atom. The number of nitrogens with two attached hydrogens (primary N) is 1. The minimum atomic E-state index is -0.204. The molecule has 0 spiro atoms. The number of rotatable bonds is 3. The van der Waals surface area contributed by atoms with Gasteiger partial charge < -0.3 is 15.6 Å². The molecule has 0 amide bonds. The van der Waals surface area contributed by atoms with Crippen LogP contribution in [0.15, 0.2) is 12.1 Å². The van der Waals surface area contributed by atoms with Gasteiger partial charge in [0.2, 0.25) is 0 Å². The zero-order valence-electron chi connectivity index (χ0n) is 7.28. The Bertz CT molecular complexity index is 298. The van der Waals surface area contributed by atoms with Gasteiger partial charge in [-0.2, -0.15) is 0 Å². The molecule has 3 N–H and O–H groups in total. The lowest BCUT2D eigenvalue weighted by atomic mass is 10.1. The standard InChI is InChI=1S/C9H11NO3/c1-13-8-3-6(4-11)2-7(5-12)9(8)10/h2-4,12H,5,10H2,1H3. The maximum Gasteiger partial charge on any atom is 0.150 e. The number of anilines is 1. The first-order valence-electron chi connectivity index (χ1n) is 3.75. The number of ether oxygens (including phenoxy) is 1. The Morgan fingerprint density at radius 3 is 2.77 bits per heavy atom. The number of aliphatic hydroxyl groups excluding tert-OH is 1. The summed E-state index contributed by atoms with van der Waals surface area (Å²) < 4.78 is 4.93. The van der Waals surface area contributed by atoms with E-state index >= 15 is 0 Å². The monoisotopic (exact) mass is 181 g/mol. The number of hydrogen-bond donors (Lipinski definition) is 2. The fourth-order valence-electron chi connectivity index (χ4n) is 1.08. The summed E-state index contributed by atoms with van der Waals surface area (Å²) in [6.07, 6.45) is 0.682. The Morgan fingerprint density at radius 2 is 2.31 bits per heavy atom. The molecule has 0 heterocycles. The fraction of sp³-hybridized carbons (Fsp3) is 0.222. The highest BCUT2D eigenvalue weighted by Gasteiger charge is 2.06. The molecule has 13 heavy (non-hydrogen) atoms. The van der Waals surface area contributed by atoms with E-state index in [9.17, 15) is 4.79 Å². The molecule has 0 unspecified atom stereocenters. The van der Waals surface area contributed by atoms with Crippen molar-refractivity contribution in [1.82, 2.24) is 0 Å². The lowest BCUT2D eigenvalue weighted by molar-refractivity contribution is 0.112. The molecular formula is C9H11NO3. The van der Waals surface area contributed by atoms with Crippen LogP contribution in [0.4, 0.5) is 5.69 Å². The lowest BCUT2D eigenvalue weighted by Crippen LogP contribution is -2.00. The van der Waals surface area contributed by atoms with Gasteiger partial charge in [-0.15, -0.1) is 0 Å². The van der Waals surface area contributed by atoms with Crippen LogP contribution in [0.3, 0.4) is 0 Å². The molecule has 0 aliphatic carbocycles. The molecule has 0 saturated heterocycles. The van der Waals surface area contributed by atoms with E-state index in [2.05, 4.69) is 0 Å². The third-order valence-corrected chi connectivity index (χ3v) is 1.78. The van der Waals surface area contributed by atoms with Gasteiger partial charge in [-0.05, 0) is 12.1 Å². The van der Waals surface area contributed by atoms with Crippen LogP contribution in [0.5, 0.6) is 5.75 Å². The van der Waals surface area contributed by atoms with Crippen molar-refractivity contribution >= 4 is 12.0 Å². The molecule has 0 bridgehead atoms. The van der Waals surface area contributed by atoms with Crippen molar-refractivity contribution in [2.45, 2.75) is 6.61 Å². The second kappa shape index (κ2) is 3.91. The molecule has 0 saturated carbocycles. The Labute approximate surface area is 75.9 Å². The molecule has 0 fully saturated rings. The van der Waals surface area contributed by atoms with Crippen molar-refractivity contribution in [3.05, 3.63) is 23.3 Å². The van der Waals surface area contributed by atoms with Crippen molar-refractivity contribution < 1.29 is 14.6 Å². The van der Waals surface area contributed by atoms with Crippen LogP contribution in [0, 0.1) is 0 Å². The van der Waals surface area contributed by atoms with Gasteiger partial charge in [-0.1, -0.05) is 0 Å². The van der Waals surface area contributed by atoms with E-state index in [0.717, 1.165) is 0 Å². The van der Waals surface area contributed by atoms with Crippen LogP contribution in [-0.2, 0) is 6.61 Å². The molecule has 0 atom stereocenters. The van der Waals surface area contributed by atoms with Gasteiger partial charge in [-0.3, -0.25) is 4.79 Å². The molecule has 1 rings (SSSR count). The van der Waals surface area contributed by atoms with Crippen molar-refractivity contribution in [3.8, 4) is 5.75 Å². The minimum Gasteiger partial charge on any atom is -0.495 e.